The van der Waals surface area contributed by atoms with Gasteiger partial charge in [0.15, 0.2) is 0 Å². The van der Waals surface area contributed by atoms with Crippen molar-refractivity contribution in [3.63, 3.8) is 0 Å². The molecule has 0 spiro atoms. The minimum absolute atomic E-state index is 0.279. The Hall–Kier alpha value is -1.44. The first kappa shape index (κ1) is 8.65. The van der Waals surface area contributed by atoms with E-state index >= 15 is 0 Å². The van der Waals surface area contributed by atoms with Gasteiger partial charge in [-0.2, -0.15) is 5.26 Å². The third-order valence-electron chi connectivity index (χ3n) is 1.52. The highest BCUT2D eigenvalue weighted by atomic mass is 14.8. The fraction of sp³-hybridized carbons (Fsp3) is 0.250. The Morgan fingerprint density at radius 3 is 2.92 bits per heavy atom. The van der Waals surface area contributed by atoms with Gasteiger partial charge in [0, 0.05) is 6.54 Å². The predicted molar refractivity (Wildman–Crippen MR) is 44.9 cm³/mol. The van der Waals surface area contributed by atoms with Crippen LogP contribution in [0.15, 0.2) is 18.2 Å². The van der Waals surface area contributed by atoms with Crippen LogP contribution in [0.3, 0.4) is 0 Å². The summed E-state index contributed by atoms with van der Waals surface area (Å²) in [6.45, 7) is 0.335. The summed E-state index contributed by atoms with van der Waals surface area (Å²) < 4.78 is 0. The molecule has 1 aromatic heterocycles. The summed E-state index contributed by atoms with van der Waals surface area (Å²) >= 11 is 0. The lowest BCUT2D eigenvalue weighted by Crippen LogP contribution is -2.21. The molecule has 62 valence electrons. The maximum absolute atomic E-state index is 8.53. The second-order valence-corrected chi connectivity index (χ2v) is 2.40. The molecule has 1 heterocycles. The zero-order valence-electron chi connectivity index (χ0n) is 6.57. The molecule has 0 radical (unpaired) electrons. The summed E-state index contributed by atoms with van der Waals surface area (Å²) in [7, 11) is 0. The number of hydrogen-bond acceptors (Lipinski definition) is 4. The van der Waals surface area contributed by atoms with Crippen LogP contribution in [0.5, 0.6) is 0 Å². The molecule has 0 bridgehead atoms. The van der Waals surface area contributed by atoms with Gasteiger partial charge in [-0.1, -0.05) is 6.07 Å². The van der Waals surface area contributed by atoms with E-state index in [1.807, 2.05) is 6.07 Å². The normalized spacial score (nSPS) is 12.1. The summed E-state index contributed by atoms with van der Waals surface area (Å²) in [6, 6.07) is 6.80. The summed E-state index contributed by atoms with van der Waals surface area (Å²) in [5.41, 5.74) is 12.0. The third-order valence-corrected chi connectivity index (χ3v) is 1.52. The molecule has 0 aliphatic heterocycles. The topological polar surface area (TPSA) is 88.7 Å². The molecule has 12 heavy (non-hydrogen) atoms. The molecule has 1 aromatic rings. The van der Waals surface area contributed by atoms with Gasteiger partial charge in [0.05, 0.1) is 11.7 Å². The summed E-state index contributed by atoms with van der Waals surface area (Å²) in [5.74, 6) is 0. The summed E-state index contributed by atoms with van der Waals surface area (Å²) in [5, 5.41) is 8.53. The van der Waals surface area contributed by atoms with Crippen molar-refractivity contribution in [2.24, 2.45) is 11.5 Å². The van der Waals surface area contributed by atoms with Crippen LogP contribution < -0.4 is 11.5 Å². The molecule has 1 rings (SSSR count). The zero-order chi connectivity index (χ0) is 8.97. The minimum atomic E-state index is -0.279. The predicted octanol–water partition coefficient (Wildman–Crippen LogP) is -0.0882. The van der Waals surface area contributed by atoms with E-state index in [1.165, 1.54) is 0 Å². The minimum Gasteiger partial charge on any atom is -0.329 e. The van der Waals surface area contributed by atoms with Crippen LogP contribution in [-0.4, -0.2) is 11.5 Å². The van der Waals surface area contributed by atoms with Crippen molar-refractivity contribution in [1.82, 2.24) is 4.98 Å². The lowest BCUT2D eigenvalue weighted by Gasteiger charge is -2.06. The maximum Gasteiger partial charge on any atom is 0.140 e. The van der Waals surface area contributed by atoms with Crippen LogP contribution in [-0.2, 0) is 0 Å². The molecule has 1 unspecified atom stereocenters. The van der Waals surface area contributed by atoms with Gasteiger partial charge in [-0.3, -0.25) is 0 Å². The Kier molecular flexibility index (Phi) is 2.75. The van der Waals surface area contributed by atoms with E-state index in [-0.39, 0.29) is 6.04 Å². The number of rotatable bonds is 2. The van der Waals surface area contributed by atoms with Crippen LogP contribution in [0.1, 0.15) is 17.4 Å². The molecule has 0 amide bonds. The number of hydrogen-bond donors (Lipinski definition) is 2. The Morgan fingerprint density at radius 2 is 2.33 bits per heavy atom. The van der Waals surface area contributed by atoms with Gasteiger partial charge in [0.1, 0.15) is 11.8 Å². The van der Waals surface area contributed by atoms with E-state index in [1.54, 1.807) is 18.2 Å². The molecular formula is C8H10N4. The molecule has 4 heteroatoms. The second-order valence-electron chi connectivity index (χ2n) is 2.40. The molecule has 1 atom stereocenters. The zero-order valence-corrected chi connectivity index (χ0v) is 6.57. The number of nitriles is 1. The Bertz CT molecular complexity index is 302. The van der Waals surface area contributed by atoms with E-state index in [2.05, 4.69) is 4.98 Å². The highest BCUT2D eigenvalue weighted by Gasteiger charge is 2.04. The van der Waals surface area contributed by atoms with E-state index < -0.39 is 0 Å². The molecular weight excluding hydrogens is 152 g/mol. The van der Waals surface area contributed by atoms with Crippen LogP contribution in [0.2, 0.25) is 0 Å². The SMILES string of the molecule is N#Cc1cccc(C(N)CN)n1. The summed E-state index contributed by atoms with van der Waals surface area (Å²) in [4.78, 5) is 4.00. The van der Waals surface area contributed by atoms with Gasteiger partial charge in [-0.25, -0.2) is 4.98 Å². The fourth-order valence-electron chi connectivity index (χ4n) is 0.841. The molecule has 0 saturated carbocycles. The number of nitrogens with two attached hydrogens (primary N) is 2. The van der Waals surface area contributed by atoms with Crippen molar-refractivity contribution < 1.29 is 0 Å². The van der Waals surface area contributed by atoms with E-state index in [0.717, 1.165) is 0 Å². The lowest BCUT2D eigenvalue weighted by molar-refractivity contribution is 0.710. The van der Waals surface area contributed by atoms with Crippen molar-refractivity contribution in [2.75, 3.05) is 6.54 Å². The van der Waals surface area contributed by atoms with E-state index in [0.29, 0.717) is 17.9 Å². The van der Waals surface area contributed by atoms with Gasteiger partial charge in [0.2, 0.25) is 0 Å². The Morgan fingerprint density at radius 1 is 1.58 bits per heavy atom. The van der Waals surface area contributed by atoms with Crippen molar-refractivity contribution >= 4 is 0 Å². The van der Waals surface area contributed by atoms with E-state index in [9.17, 15) is 0 Å². The Balaban J connectivity index is 2.95. The second kappa shape index (κ2) is 3.81. The first-order valence-electron chi connectivity index (χ1n) is 3.60. The highest BCUT2D eigenvalue weighted by Crippen LogP contribution is 2.05. The standard InChI is InChI=1S/C8H10N4/c9-4-6-2-1-3-8(12-6)7(11)5-10/h1-3,7H,5,10-11H2. The molecule has 0 aromatic carbocycles. The average Bonchev–Trinajstić information content (AvgIpc) is 2.17. The maximum atomic E-state index is 8.53. The van der Waals surface area contributed by atoms with Gasteiger partial charge in [-0.05, 0) is 12.1 Å². The molecule has 4 nitrogen and oxygen atoms in total. The first-order valence-corrected chi connectivity index (χ1v) is 3.60. The van der Waals surface area contributed by atoms with Crippen molar-refractivity contribution in [3.8, 4) is 6.07 Å². The van der Waals surface area contributed by atoms with Crippen LogP contribution in [0, 0.1) is 11.3 Å². The number of pyridine rings is 1. The van der Waals surface area contributed by atoms with Gasteiger partial charge in [0.25, 0.3) is 0 Å². The highest BCUT2D eigenvalue weighted by molar-refractivity contribution is 5.23. The summed E-state index contributed by atoms with van der Waals surface area (Å²) in [6.07, 6.45) is 0. The average molecular weight is 162 g/mol. The van der Waals surface area contributed by atoms with Crippen molar-refractivity contribution in [1.29, 1.82) is 5.26 Å². The van der Waals surface area contributed by atoms with E-state index in [4.69, 9.17) is 16.7 Å². The molecule has 0 aliphatic rings. The van der Waals surface area contributed by atoms with Gasteiger partial charge in [-0.15, -0.1) is 0 Å². The largest absolute Gasteiger partial charge is 0.329 e. The van der Waals surface area contributed by atoms with Crippen LogP contribution in [0.4, 0.5) is 0 Å². The van der Waals surface area contributed by atoms with Gasteiger partial charge < -0.3 is 11.5 Å². The van der Waals surface area contributed by atoms with Crippen LogP contribution in [0.25, 0.3) is 0 Å². The Labute approximate surface area is 70.8 Å². The molecule has 0 saturated heterocycles. The molecule has 0 fully saturated rings. The van der Waals surface area contributed by atoms with Gasteiger partial charge >= 0.3 is 0 Å². The monoisotopic (exact) mass is 162 g/mol. The number of nitrogens with zero attached hydrogens (tertiary/aromatic N) is 2. The first-order chi connectivity index (χ1) is 5.77. The van der Waals surface area contributed by atoms with Crippen molar-refractivity contribution in [3.05, 3.63) is 29.6 Å². The third kappa shape index (κ3) is 1.78. The number of aromatic nitrogens is 1. The van der Waals surface area contributed by atoms with Crippen LogP contribution >= 0.6 is 0 Å². The smallest absolute Gasteiger partial charge is 0.140 e. The lowest BCUT2D eigenvalue weighted by atomic mass is 10.2. The quantitative estimate of drug-likeness (QED) is 0.636. The molecule has 0 aliphatic carbocycles. The fourth-order valence-corrected chi connectivity index (χ4v) is 0.841. The molecule has 4 N–H and O–H groups in total. The van der Waals surface area contributed by atoms with Crippen molar-refractivity contribution in [2.45, 2.75) is 6.04 Å².